The summed E-state index contributed by atoms with van der Waals surface area (Å²) in [7, 11) is 0. The summed E-state index contributed by atoms with van der Waals surface area (Å²) in [4.78, 5) is 17.8. The lowest BCUT2D eigenvalue weighted by Crippen LogP contribution is -2.28. The average Bonchev–Trinajstić information content (AvgIpc) is 3.35. The first kappa shape index (κ1) is 17.0. The topological polar surface area (TPSA) is 68.5 Å². The molecule has 7 heteroatoms. The molecule has 2 heterocycles. The first-order valence-corrected chi connectivity index (χ1v) is 8.53. The summed E-state index contributed by atoms with van der Waals surface area (Å²) in [6, 6.07) is 15.4. The third-order valence-electron chi connectivity index (χ3n) is 4.24. The maximum Gasteiger partial charge on any atom is 0.268 e. The molecule has 1 N–H and O–H groups in total. The van der Waals surface area contributed by atoms with E-state index >= 15 is 0 Å². The Morgan fingerprint density at radius 2 is 2.07 bits per heavy atom. The van der Waals surface area contributed by atoms with Crippen molar-refractivity contribution in [2.45, 2.75) is 19.1 Å². The molecule has 1 aliphatic rings. The SMILES string of the molecule is O=C(Nc1cccc(Cn2cccn2)c1)C1CC(c2ccc(F)cc2)=NO1. The van der Waals surface area contributed by atoms with Gasteiger partial charge in [-0.2, -0.15) is 5.10 Å². The Hall–Kier alpha value is -3.48. The minimum atomic E-state index is -0.708. The van der Waals surface area contributed by atoms with E-state index in [-0.39, 0.29) is 11.7 Å². The predicted octanol–water partition coefficient (Wildman–Crippen LogP) is 3.20. The highest BCUT2D eigenvalue weighted by Gasteiger charge is 2.29. The number of hydrogen-bond acceptors (Lipinski definition) is 4. The molecule has 1 aromatic heterocycles. The number of oxime groups is 1. The molecule has 0 bridgehead atoms. The highest BCUT2D eigenvalue weighted by Crippen LogP contribution is 2.19. The number of nitrogens with zero attached hydrogens (tertiary/aromatic N) is 3. The predicted molar refractivity (Wildman–Crippen MR) is 98.8 cm³/mol. The lowest BCUT2D eigenvalue weighted by atomic mass is 10.0. The van der Waals surface area contributed by atoms with E-state index in [0.717, 1.165) is 11.1 Å². The van der Waals surface area contributed by atoms with Crippen molar-refractivity contribution in [3.8, 4) is 0 Å². The largest absolute Gasteiger partial charge is 0.382 e. The van der Waals surface area contributed by atoms with Gasteiger partial charge in [0.05, 0.1) is 12.3 Å². The van der Waals surface area contributed by atoms with Crippen LogP contribution in [0.3, 0.4) is 0 Å². The molecule has 136 valence electrons. The standard InChI is InChI=1S/C20H17FN4O2/c21-16-7-5-15(6-8-16)18-12-19(27-24-18)20(26)23-17-4-1-3-14(11-17)13-25-10-2-9-22-25/h1-11,19H,12-13H2,(H,23,26). The van der Waals surface area contributed by atoms with E-state index in [1.807, 2.05) is 41.2 Å². The van der Waals surface area contributed by atoms with Gasteiger partial charge in [0.25, 0.3) is 5.91 Å². The molecule has 1 atom stereocenters. The number of halogens is 1. The van der Waals surface area contributed by atoms with Crippen molar-refractivity contribution in [3.63, 3.8) is 0 Å². The number of hydrogen-bond donors (Lipinski definition) is 1. The van der Waals surface area contributed by atoms with Crippen molar-refractivity contribution in [2.75, 3.05) is 5.32 Å². The Bertz CT molecular complexity index is 968. The van der Waals surface area contributed by atoms with Gasteiger partial charge in [-0.25, -0.2) is 4.39 Å². The van der Waals surface area contributed by atoms with E-state index in [2.05, 4.69) is 15.6 Å². The van der Waals surface area contributed by atoms with Gasteiger partial charge >= 0.3 is 0 Å². The van der Waals surface area contributed by atoms with Gasteiger partial charge in [-0.1, -0.05) is 29.4 Å². The van der Waals surface area contributed by atoms with Gasteiger partial charge in [-0.05, 0) is 41.5 Å². The molecule has 1 aliphatic heterocycles. The molecule has 2 aromatic carbocycles. The summed E-state index contributed by atoms with van der Waals surface area (Å²) in [6.45, 7) is 0.620. The van der Waals surface area contributed by atoms with Crippen LogP contribution < -0.4 is 5.32 Å². The second kappa shape index (κ2) is 7.41. The molecular formula is C20H17FN4O2. The lowest BCUT2D eigenvalue weighted by Gasteiger charge is -2.11. The van der Waals surface area contributed by atoms with Crippen LogP contribution in [0.4, 0.5) is 10.1 Å². The molecule has 0 spiro atoms. The van der Waals surface area contributed by atoms with Crippen molar-refractivity contribution < 1.29 is 14.0 Å². The van der Waals surface area contributed by atoms with Gasteiger partial charge in [-0.3, -0.25) is 9.48 Å². The molecule has 0 fully saturated rings. The van der Waals surface area contributed by atoms with Crippen LogP contribution in [-0.4, -0.2) is 27.5 Å². The minimum Gasteiger partial charge on any atom is -0.382 e. The maximum atomic E-state index is 13.0. The lowest BCUT2D eigenvalue weighted by molar-refractivity contribution is -0.125. The fourth-order valence-electron chi connectivity index (χ4n) is 2.88. The number of nitrogens with one attached hydrogen (secondary N) is 1. The zero-order chi connectivity index (χ0) is 18.6. The molecule has 0 saturated heterocycles. The molecule has 1 amide bonds. The zero-order valence-corrected chi connectivity index (χ0v) is 14.4. The molecule has 0 saturated carbocycles. The van der Waals surface area contributed by atoms with Crippen molar-refractivity contribution in [1.82, 2.24) is 9.78 Å². The number of rotatable bonds is 5. The molecule has 1 unspecified atom stereocenters. The van der Waals surface area contributed by atoms with Crippen LogP contribution >= 0.6 is 0 Å². The third kappa shape index (κ3) is 4.03. The smallest absolute Gasteiger partial charge is 0.268 e. The van der Waals surface area contributed by atoms with E-state index in [9.17, 15) is 9.18 Å². The molecule has 4 rings (SSSR count). The Labute approximate surface area is 155 Å². The highest BCUT2D eigenvalue weighted by molar-refractivity contribution is 6.06. The molecule has 6 nitrogen and oxygen atoms in total. The Kier molecular flexibility index (Phi) is 4.65. The first-order chi connectivity index (χ1) is 13.2. The van der Waals surface area contributed by atoms with Crippen molar-refractivity contribution >= 4 is 17.3 Å². The van der Waals surface area contributed by atoms with Gasteiger partial charge in [0, 0.05) is 24.5 Å². The Balaban J connectivity index is 1.38. The average molecular weight is 364 g/mol. The van der Waals surface area contributed by atoms with Gasteiger partial charge in [-0.15, -0.1) is 0 Å². The minimum absolute atomic E-state index is 0.271. The normalized spacial score (nSPS) is 15.9. The van der Waals surface area contributed by atoms with Crippen LogP contribution in [0, 0.1) is 5.82 Å². The van der Waals surface area contributed by atoms with Crippen LogP contribution in [0.1, 0.15) is 17.5 Å². The first-order valence-electron chi connectivity index (χ1n) is 8.53. The molecule has 0 radical (unpaired) electrons. The highest BCUT2D eigenvalue weighted by atomic mass is 19.1. The van der Waals surface area contributed by atoms with Crippen LogP contribution in [0.2, 0.25) is 0 Å². The number of anilines is 1. The molecular weight excluding hydrogens is 347 g/mol. The van der Waals surface area contributed by atoms with E-state index in [0.29, 0.717) is 24.4 Å². The quantitative estimate of drug-likeness (QED) is 0.756. The summed E-state index contributed by atoms with van der Waals surface area (Å²) in [5.41, 5.74) is 3.08. The van der Waals surface area contributed by atoms with Crippen LogP contribution in [0.5, 0.6) is 0 Å². The maximum absolute atomic E-state index is 13.0. The zero-order valence-electron chi connectivity index (χ0n) is 14.4. The van der Waals surface area contributed by atoms with Crippen molar-refractivity contribution in [3.05, 3.63) is 83.9 Å². The number of benzene rings is 2. The number of amides is 1. The molecule has 27 heavy (non-hydrogen) atoms. The fraction of sp³-hybridized carbons (Fsp3) is 0.150. The third-order valence-corrected chi connectivity index (χ3v) is 4.24. The molecule has 3 aromatic rings. The van der Waals surface area contributed by atoms with Gasteiger partial charge in [0.2, 0.25) is 6.10 Å². The molecule has 0 aliphatic carbocycles. The van der Waals surface area contributed by atoms with Gasteiger partial charge in [0.15, 0.2) is 0 Å². The summed E-state index contributed by atoms with van der Waals surface area (Å²) < 4.78 is 14.8. The number of carbonyl (C=O) groups excluding carboxylic acids is 1. The van der Waals surface area contributed by atoms with Crippen LogP contribution in [0.25, 0.3) is 0 Å². The Morgan fingerprint density at radius 1 is 1.22 bits per heavy atom. The second-order valence-corrected chi connectivity index (χ2v) is 6.24. The fourth-order valence-corrected chi connectivity index (χ4v) is 2.88. The van der Waals surface area contributed by atoms with Crippen LogP contribution in [0.15, 0.2) is 72.1 Å². The van der Waals surface area contributed by atoms with Gasteiger partial charge in [0.1, 0.15) is 5.82 Å². The van der Waals surface area contributed by atoms with E-state index in [4.69, 9.17) is 4.84 Å². The number of carbonyl (C=O) groups is 1. The van der Waals surface area contributed by atoms with Crippen LogP contribution in [-0.2, 0) is 16.2 Å². The summed E-state index contributed by atoms with van der Waals surface area (Å²) in [5.74, 6) is -0.588. The van der Waals surface area contributed by atoms with Crippen molar-refractivity contribution in [1.29, 1.82) is 0 Å². The van der Waals surface area contributed by atoms with E-state index < -0.39 is 6.10 Å². The van der Waals surface area contributed by atoms with E-state index in [1.165, 1.54) is 12.1 Å². The monoisotopic (exact) mass is 364 g/mol. The second-order valence-electron chi connectivity index (χ2n) is 6.24. The van der Waals surface area contributed by atoms with Crippen molar-refractivity contribution in [2.24, 2.45) is 5.16 Å². The Morgan fingerprint density at radius 3 is 2.85 bits per heavy atom. The number of aromatic nitrogens is 2. The summed E-state index contributed by atoms with van der Waals surface area (Å²) in [6.07, 6.45) is 3.23. The van der Waals surface area contributed by atoms with E-state index in [1.54, 1.807) is 18.3 Å². The van der Waals surface area contributed by atoms with Gasteiger partial charge < -0.3 is 10.2 Å². The summed E-state index contributed by atoms with van der Waals surface area (Å²) >= 11 is 0. The summed E-state index contributed by atoms with van der Waals surface area (Å²) in [5, 5.41) is 11.0.